The van der Waals surface area contributed by atoms with Crippen molar-refractivity contribution >= 4 is 11.8 Å². The van der Waals surface area contributed by atoms with Crippen LogP contribution in [0.15, 0.2) is 0 Å². The first-order valence-corrected chi connectivity index (χ1v) is 7.96. The van der Waals surface area contributed by atoms with Crippen molar-refractivity contribution in [2.75, 3.05) is 31.2 Å². The minimum absolute atomic E-state index is 0.290. The first kappa shape index (κ1) is 13.7. The Labute approximate surface area is 109 Å². The van der Waals surface area contributed by atoms with Crippen LogP contribution in [0.4, 0.5) is 0 Å². The van der Waals surface area contributed by atoms with Crippen LogP contribution in [-0.4, -0.2) is 49.4 Å². The summed E-state index contributed by atoms with van der Waals surface area (Å²) in [6.45, 7) is 9.81. The topological polar surface area (TPSA) is 33.3 Å². The van der Waals surface area contributed by atoms with Crippen molar-refractivity contribution in [3.05, 3.63) is 0 Å². The highest BCUT2D eigenvalue weighted by Gasteiger charge is 2.48. The third kappa shape index (κ3) is 3.16. The average molecular weight is 258 g/mol. The number of ether oxygens (including phenoxy) is 1. The highest BCUT2D eigenvalue weighted by Crippen LogP contribution is 2.42. The van der Waals surface area contributed by atoms with Crippen LogP contribution in [0.25, 0.3) is 0 Å². The van der Waals surface area contributed by atoms with Crippen molar-refractivity contribution in [2.45, 2.75) is 45.4 Å². The van der Waals surface area contributed by atoms with Crippen molar-refractivity contribution in [3.63, 3.8) is 0 Å². The Hall–Kier alpha value is 0.230. The quantitative estimate of drug-likeness (QED) is 0.783. The highest BCUT2D eigenvalue weighted by molar-refractivity contribution is 7.99. The number of hydrogen-bond acceptors (Lipinski definition) is 4. The number of nitrogens with one attached hydrogen (secondary N) is 2. The van der Waals surface area contributed by atoms with Gasteiger partial charge in [0.25, 0.3) is 0 Å². The van der Waals surface area contributed by atoms with E-state index in [4.69, 9.17) is 4.74 Å². The van der Waals surface area contributed by atoms with E-state index in [9.17, 15) is 0 Å². The van der Waals surface area contributed by atoms with Gasteiger partial charge in [-0.05, 0) is 13.3 Å². The monoisotopic (exact) mass is 258 g/mol. The van der Waals surface area contributed by atoms with Crippen LogP contribution in [0, 0.1) is 5.41 Å². The predicted molar refractivity (Wildman–Crippen MR) is 74.7 cm³/mol. The van der Waals surface area contributed by atoms with E-state index in [2.05, 4.69) is 43.2 Å². The summed E-state index contributed by atoms with van der Waals surface area (Å²) >= 11 is 2.06. The summed E-state index contributed by atoms with van der Waals surface area (Å²) in [5.74, 6) is 2.51. The van der Waals surface area contributed by atoms with Gasteiger partial charge >= 0.3 is 0 Å². The van der Waals surface area contributed by atoms with E-state index in [0.29, 0.717) is 18.2 Å². The molecule has 2 N–H and O–H groups in total. The SMILES string of the molecule is CCOC1CC(NCC2CSCCN2)C1(C)C. The van der Waals surface area contributed by atoms with Crippen molar-refractivity contribution in [1.29, 1.82) is 0 Å². The van der Waals surface area contributed by atoms with Crippen LogP contribution in [0.5, 0.6) is 0 Å². The molecule has 4 heteroatoms. The summed E-state index contributed by atoms with van der Waals surface area (Å²) < 4.78 is 5.76. The lowest BCUT2D eigenvalue weighted by Crippen LogP contribution is -2.62. The van der Waals surface area contributed by atoms with Gasteiger partial charge in [-0.3, -0.25) is 0 Å². The standard InChI is InChI=1S/C13H26N2OS/c1-4-16-12-7-11(13(12,2)3)15-8-10-9-17-6-5-14-10/h10-12,14-15H,4-9H2,1-3H3. The molecule has 0 aromatic rings. The smallest absolute Gasteiger partial charge is 0.0655 e. The zero-order valence-electron chi connectivity index (χ0n) is 11.3. The second-order valence-corrected chi connectivity index (χ2v) is 6.84. The van der Waals surface area contributed by atoms with Crippen molar-refractivity contribution in [2.24, 2.45) is 5.41 Å². The molecule has 1 saturated carbocycles. The van der Waals surface area contributed by atoms with Gasteiger partial charge in [-0.15, -0.1) is 0 Å². The van der Waals surface area contributed by atoms with E-state index in [1.807, 2.05) is 0 Å². The number of hydrogen-bond donors (Lipinski definition) is 2. The Morgan fingerprint density at radius 2 is 2.29 bits per heavy atom. The largest absolute Gasteiger partial charge is 0.378 e. The molecule has 3 atom stereocenters. The molecule has 100 valence electrons. The van der Waals surface area contributed by atoms with Gasteiger partial charge in [0, 0.05) is 48.7 Å². The van der Waals surface area contributed by atoms with Gasteiger partial charge in [-0.2, -0.15) is 11.8 Å². The molecule has 1 saturated heterocycles. The van der Waals surface area contributed by atoms with Crippen molar-refractivity contribution in [3.8, 4) is 0 Å². The molecule has 0 amide bonds. The molecular weight excluding hydrogens is 232 g/mol. The van der Waals surface area contributed by atoms with Crippen LogP contribution in [0.3, 0.4) is 0 Å². The van der Waals surface area contributed by atoms with Crippen molar-refractivity contribution in [1.82, 2.24) is 10.6 Å². The van der Waals surface area contributed by atoms with Crippen LogP contribution in [0.1, 0.15) is 27.2 Å². The fraction of sp³-hybridized carbons (Fsp3) is 1.00. The minimum atomic E-state index is 0.290. The fourth-order valence-corrected chi connectivity index (χ4v) is 3.70. The molecule has 2 aliphatic rings. The third-order valence-corrected chi connectivity index (χ3v) is 5.29. The maximum atomic E-state index is 5.76. The molecule has 1 aliphatic carbocycles. The summed E-state index contributed by atoms with van der Waals surface area (Å²) in [5, 5.41) is 7.28. The van der Waals surface area contributed by atoms with Crippen LogP contribution in [0.2, 0.25) is 0 Å². The van der Waals surface area contributed by atoms with Crippen LogP contribution >= 0.6 is 11.8 Å². The highest BCUT2D eigenvalue weighted by atomic mass is 32.2. The average Bonchev–Trinajstić information content (AvgIpc) is 2.34. The molecule has 1 heterocycles. The lowest BCUT2D eigenvalue weighted by molar-refractivity contribution is -0.114. The van der Waals surface area contributed by atoms with Gasteiger partial charge in [-0.25, -0.2) is 0 Å². The molecule has 3 nitrogen and oxygen atoms in total. The van der Waals surface area contributed by atoms with E-state index in [1.54, 1.807) is 0 Å². The predicted octanol–water partition coefficient (Wildman–Crippen LogP) is 1.48. The van der Waals surface area contributed by atoms with Gasteiger partial charge in [0.1, 0.15) is 0 Å². The van der Waals surface area contributed by atoms with Crippen molar-refractivity contribution < 1.29 is 4.74 Å². The minimum Gasteiger partial charge on any atom is -0.378 e. The first-order chi connectivity index (χ1) is 8.14. The number of thioether (sulfide) groups is 1. The van der Waals surface area contributed by atoms with E-state index in [-0.39, 0.29) is 5.41 Å². The molecule has 1 aliphatic heterocycles. The van der Waals surface area contributed by atoms with Crippen LogP contribution in [-0.2, 0) is 4.74 Å². The maximum absolute atomic E-state index is 5.76. The van der Waals surface area contributed by atoms with Gasteiger partial charge in [0.05, 0.1) is 6.10 Å². The molecular formula is C13H26N2OS. The van der Waals surface area contributed by atoms with E-state index < -0.39 is 0 Å². The van der Waals surface area contributed by atoms with Gasteiger partial charge in [0.15, 0.2) is 0 Å². The lowest BCUT2D eigenvalue weighted by Gasteiger charge is -2.52. The second-order valence-electron chi connectivity index (χ2n) is 5.69. The van der Waals surface area contributed by atoms with E-state index in [1.165, 1.54) is 17.9 Å². The summed E-state index contributed by atoms with van der Waals surface area (Å²) in [6, 6.07) is 1.27. The Morgan fingerprint density at radius 1 is 1.47 bits per heavy atom. The zero-order chi connectivity index (χ0) is 12.3. The molecule has 2 fully saturated rings. The second kappa shape index (κ2) is 5.91. The maximum Gasteiger partial charge on any atom is 0.0655 e. The lowest BCUT2D eigenvalue weighted by atomic mass is 9.64. The zero-order valence-corrected chi connectivity index (χ0v) is 12.1. The normalized spacial score (nSPS) is 36.5. The summed E-state index contributed by atoms with van der Waals surface area (Å²) in [7, 11) is 0. The molecule has 17 heavy (non-hydrogen) atoms. The molecule has 0 bridgehead atoms. The van der Waals surface area contributed by atoms with E-state index in [0.717, 1.165) is 19.7 Å². The Bertz CT molecular complexity index is 242. The fourth-order valence-electron chi connectivity index (χ4n) is 2.75. The molecule has 0 aromatic heterocycles. The Balaban J connectivity index is 1.70. The third-order valence-electron chi connectivity index (χ3n) is 4.15. The molecule has 2 rings (SSSR count). The molecule has 0 aromatic carbocycles. The Kier molecular flexibility index (Phi) is 4.75. The summed E-state index contributed by atoms with van der Waals surface area (Å²) in [5.41, 5.74) is 0.290. The molecule has 3 unspecified atom stereocenters. The van der Waals surface area contributed by atoms with Gasteiger partial charge in [-0.1, -0.05) is 13.8 Å². The number of rotatable bonds is 5. The van der Waals surface area contributed by atoms with Gasteiger partial charge in [0.2, 0.25) is 0 Å². The summed E-state index contributed by atoms with van der Waals surface area (Å²) in [6.07, 6.45) is 1.61. The molecule has 0 spiro atoms. The summed E-state index contributed by atoms with van der Waals surface area (Å²) in [4.78, 5) is 0. The van der Waals surface area contributed by atoms with Gasteiger partial charge < -0.3 is 15.4 Å². The Morgan fingerprint density at radius 3 is 2.88 bits per heavy atom. The van der Waals surface area contributed by atoms with Crippen LogP contribution < -0.4 is 10.6 Å². The molecule has 0 radical (unpaired) electrons. The van der Waals surface area contributed by atoms with E-state index >= 15 is 0 Å². The first-order valence-electron chi connectivity index (χ1n) is 6.80.